The summed E-state index contributed by atoms with van der Waals surface area (Å²) in [5, 5.41) is 12.4. The average Bonchev–Trinajstić information content (AvgIpc) is 2.74. The van der Waals surface area contributed by atoms with Crippen molar-refractivity contribution in [3.8, 4) is 0 Å². The zero-order valence-electron chi connectivity index (χ0n) is 17.8. The summed E-state index contributed by atoms with van der Waals surface area (Å²) in [4.78, 5) is 0. The molecule has 1 aliphatic rings. The first-order chi connectivity index (χ1) is 11.0. The van der Waals surface area contributed by atoms with E-state index in [4.69, 9.17) is 13.9 Å². The first-order valence-electron chi connectivity index (χ1n) is 9.10. The van der Waals surface area contributed by atoms with Crippen LogP contribution in [0.1, 0.15) is 41.0 Å². The van der Waals surface area contributed by atoms with Gasteiger partial charge in [-0.25, -0.2) is 0 Å². The predicted octanol–water partition coefficient (Wildman–Crippen LogP) is 0.785. The largest absolute Gasteiger partial charge is 1.00 e. The van der Waals surface area contributed by atoms with Crippen molar-refractivity contribution in [2.24, 2.45) is 23.7 Å². The van der Waals surface area contributed by atoms with Gasteiger partial charge in [-0.3, -0.25) is 0 Å². The van der Waals surface area contributed by atoms with E-state index in [1.807, 2.05) is 6.08 Å². The molecule has 0 radical (unpaired) electrons. The molecule has 142 valence electrons. The summed E-state index contributed by atoms with van der Waals surface area (Å²) in [6.45, 7) is 17.2. The Balaban J connectivity index is 0.00000576. The number of ether oxygens (including phenoxy) is 2. The zero-order chi connectivity index (χ0) is 18.5. The Hall–Kier alpha value is 0.637. The van der Waals surface area contributed by atoms with Gasteiger partial charge in [-0.2, -0.15) is 0 Å². The van der Waals surface area contributed by atoms with Crippen LogP contribution in [0.15, 0.2) is 11.8 Å². The molecule has 0 heterocycles. The van der Waals surface area contributed by atoms with Crippen molar-refractivity contribution in [3.05, 3.63) is 11.8 Å². The van der Waals surface area contributed by atoms with E-state index in [2.05, 4.69) is 47.7 Å². The van der Waals surface area contributed by atoms with Crippen LogP contribution in [0.3, 0.4) is 0 Å². The molecule has 0 amide bonds. The van der Waals surface area contributed by atoms with Gasteiger partial charge in [0.25, 0.3) is 0 Å². The summed E-state index contributed by atoms with van der Waals surface area (Å²) in [6, 6.07) is 0. The van der Waals surface area contributed by atoms with Crippen LogP contribution in [0.5, 0.6) is 0 Å². The molecule has 25 heavy (non-hydrogen) atoms. The van der Waals surface area contributed by atoms with E-state index in [1.54, 1.807) is 7.11 Å². The molecule has 0 aliphatic heterocycles. The van der Waals surface area contributed by atoms with E-state index in [9.17, 15) is 5.11 Å². The zero-order valence-corrected chi connectivity index (χ0v) is 20.8. The van der Waals surface area contributed by atoms with Gasteiger partial charge < -0.3 is 19.0 Å². The average molecular weight is 381 g/mol. The molecule has 0 saturated carbocycles. The van der Waals surface area contributed by atoms with E-state index in [0.717, 1.165) is 13.0 Å². The quantitative estimate of drug-likeness (QED) is 0.337. The Morgan fingerprint density at radius 3 is 2.40 bits per heavy atom. The van der Waals surface area contributed by atoms with Gasteiger partial charge in [0.1, 0.15) is 6.79 Å². The van der Waals surface area contributed by atoms with E-state index in [1.165, 1.54) is 0 Å². The molecule has 0 aromatic rings. The molecule has 1 rings (SSSR count). The Morgan fingerprint density at radius 1 is 1.28 bits per heavy atom. The first kappa shape index (κ1) is 25.6. The van der Waals surface area contributed by atoms with Gasteiger partial charge in [0.05, 0.1) is 6.61 Å². The predicted molar refractivity (Wildman–Crippen MR) is 99.0 cm³/mol. The van der Waals surface area contributed by atoms with Gasteiger partial charge >= 0.3 is 29.6 Å². The maximum Gasteiger partial charge on any atom is 1.00 e. The smallest absolute Gasteiger partial charge is 0.875 e. The molecule has 0 unspecified atom stereocenters. The number of hydrogen-bond acceptors (Lipinski definition) is 4. The Labute approximate surface area is 178 Å². The molecule has 4 atom stereocenters. The summed E-state index contributed by atoms with van der Waals surface area (Å²) >= 11 is 0. The van der Waals surface area contributed by atoms with Crippen LogP contribution in [-0.4, -0.2) is 35.4 Å². The molecule has 0 spiro atoms. The van der Waals surface area contributed by atoms with Gasteiger partial charge in [-0.1, -0.05) is 40.7 Å². The van der Waals surface area contributed by atoms with Crippen LogP contribution in [0.2, 0.25) is 18.1 Å². The fourth-order valence-electron chi connectivity index (χ4n) is 3.13. The minimum absolute atomic E-state index is 0. The van der Waals surface area contributed by atoms with Gasteiger partial charge in [0.15, 0.2) is 8.32 Å². The van der Waals surface area contributed by atoms with E-state index < -0.39 is 8.32 Å². The van der Waals surface area contributed by atoms with Crippen LogP contribution in [0.4, 0.5) is 0 Å². The maximum absolute atomic E-state index is 12.2. The Bertz CT molecular complexity index is 420. The van der Waals surface area contributed by atoms with Crippen molar-refractivity contribution < 1.29 is 48.6 Å². The molecule has 0 aromatic heterocycles. The van der Waals surface area contributed by atoms with Crippen LogP contribution < -0.4 is 34.7 Å². The summed E-state index contributed by atoms with van der Waals surface area (Å²) in [5.74, 6) is 1.29. The van der Waals surface area contributed by atoms with Crippen LogP contribution in [-0.2, 0) is 13.9 Å². The standard InChI is InChI=1S/C19H38O4Si.Na/c1-14(12-22-13-21-6)17-11-18(20)15(2)16(17)9-10-23-24(7,8)19(3,4)5;/h11,14-17,20H,9-10,12-13H2,1-8H3;/q;+1/p-1/t14-,15+,16+,17+;/m1./s1. The molecule has 0 bridgehead atoms. The SMILES string of the molecule is COCOC[C@@H](C)[C@@H]1C=C([O-])[C@@H](C)[C@@H]1CCO[Si](C)(C)C(C)(C)C.[Na+]. The summed E-state index contributed by atoms with van der Waals surface area (Å²) in [6.07, 6.45) is 2.86. The second-order valence-electron chi connectivity index (χ2n) is 8.75. The molecule has 0 fully saturated rings. The van der Waals surface area contributed by atoms with E-state index >= 15 is 0 Å². The van der Waals surface area contributed by atoms with Crippen molar-refractivity contribution in [1.82, 2.24) is 0 Å². The molecular formula is C19H37NaO4Si. The fraction of sp³-hybridized carbons (Fsp3) is 0.895. The molecule has 1 aliphatic carbocycles. The summed E-state index contributed by atoms with van der Waals surface area (Å²) in [7, 11) is -0.103. The second-order valence-corrected chi connectivity index (χ2v) is 13.6. The van der Waals surface area contributed by atoms with Crippen molar-refractivity contribution >= 4 is 8.32 Å². The van der Waals surface area contributed by atoms with Gasteiger partial charge in [-0.15, -0.1) is 5.76 Å². The van der Waals surface area contributed by atoms with Crippen molar-refractivity contribution in [3.63, 3.8) is 0 Å². The van der Waals surface area contributed by atoms with Gasteiger partial charge in [-0.05, 0) is 48.2 Å². The molecular weight excluding hydrogens is 343 g/mol. The molecule has 4 nitrogen and oxygen atoms in total. The third-order valence-corrected chi connectivity index (χ3v) is 10.4. The van der Waals surface area contributed by atoms with Gasteiger partial charge in [0, 0.05) is 13.7 Å². The molecule has 0 saturated heterocycles. The topological polar surface area (TPSA) is 50.8 Å². The van der Waals surface area contributed by atoms with Crippen molar-refractivity contribution in [2.75, 3.05) is 27.1 Å². The number of hydrogen-bond donors (Lipinski definition) is 0. The summed E-state index contributed by atoms with van der Waals surface area (Å²) in [5.41, 5.74) is 0. The molecule has 0 aromatic carbocycles. The summed E-state index contributed by atoms with van der Waals surface area (Å²) < 4.78 is 16.8. The molecule has 6 heteroatoms. The third-order valence-electron chi connectivity index (χ3n) is 5.90. The second kappa shape index (κ2) is 10.8. The minimum Gasteiger partial charge on any atom is -0.875 e. The molecule has 0 N–H and O–H groups in total. The first-order valence-corrected chi connectivity index (χ1v) is 12.0. The number of rotatable bonds is 9. The van der Waals surface area contributed by atoms with Crippen LogP contribution >= 0.6 is 0 Å². The maximum atomic E-state index is 12.2. The van der Waals surface area contributed by atoms with E-state index in [-0.39, 0.29) is 52.2 Å². The minimum atomic E-state index is -1.73. The third kappa shape index (κ3) is 7.28. The fourth-order valence-corrected chi connectivity index (χ4v) is 4.19. The van der Waals surface area contributed by atoms with Crippen LogP contribution in [0.25, 0.3) is 0 Å². The monoisotopic (exact) mass is 380 g/mol. The van der Waals surface area contributed by atoms with Gasteiger partial charge in [0.2, 0.25) is 0 Å². The number of methoxy groups -OCH3 is 1. The van der Waals surface area contributed by atoms with Crippen molar-refractivity contribution in [2.45, 2.75) is 59.2 Å². The Kier molecular flexibility index (Phi) is 11.1. The van der Waals surface area contributed by atoms with E-state index in [0.29, 0.717) is 25.2 Å². The Morgan fingerprint density at radius 2 is 1.88 bits per heavy atom. The number of allylic oxidation sites excluding steroid dienone is 2. The normalized spacial score (nSPS) is 25.4. The van der Waals surface area contributed by atoms with Crippen LogP contribution in [0, 0.1) is 23.7 Å². The van der Waals surface area contributed by atoms with Crippen molar-refractivity contribution in [1.29, 1.82) is 0 Å².